The zero-order valence-electron chi connectivity index (χ0n) is 14.8. The Morgan fingerprint density at radius 1 is 1.30 bits per heavy atom. The molecule has 3 heteroatoms. The summed E-state index contributed by atoms with van der Waals surface area (Å²) in [5.74, 6) is 0.0154. The normalized spacial score (nSPS) is 21.1. The molecule has 1 fully saturated rings. The molecule has 0 unspecified atom stereocenters. The molecule has 0 radical (unpaired) electrons. The highest BCUT2D eigenvalue weighted by molar-refractivity contribution is 5.73. The fourth-order valence-electron chi connectivity index (χ4n) is 3.79. The Balaban J connectivity index is 2.14. The third kappa shape index (κ3) is 4.57. The Kier molecular flexibility index (Phi) is 7.10. The van der Waals surface area contributed by atoms with E-state index in [1.165, 1.54) is 12.0 Å². The molecule has 0 aliphatic carbocycles. The fraction of sp³-hybridized carbons (Fsp3) is 0.650. The topological polar surface area (TPSA) is 29.5 Å². The minimum atomic E-state index is -0.00175. The number of benzene rings is 1. The van der Waals surface area contributed by atoms with Gasteiger partial charge in [0.05, 0.1) is 12.5 Å². The predicted molar refractivity (Wildman–Crippen MR) is 94.2 cm³/mol. The molecule has 1 aliphatic heterocycles. The molecular weight excluding hydrogens is 286 g/mol. The highest BCUT2D eigenvalue weighted by atomic mass is 16.5. The van der Waals surface area contributed by atoms with Crippen LogP contribution < -0.4 is 0 Å². The Hall–Kier alpha value is -1.35. The van der Waals surface area contributed by atoms with Gasteiger partial charge in [0.1, 0.15) is 0 Å². The Bertz CT molecular complexity index is 474. The summed E-state index contributed by atoms with van der Waals surface area (Å²) in [7, 11) is 0. The van der Waals surface area contributed by atoms with Gasteiger partial charge < -0.3 is 4.74 Å². The summed E-state index contributed by atoms with van der Waals surface area (Å²) in [5.41, 5.74) is 1.33. The first-order valence-corrected chi connectivity index (χ1v) is 9.16. The second-order valence-corrected chi connectivity index (χ2v) is 6.53. The highest BCUT2D eigenvalue weighted by Crippen LogP contribution is 2.35. The molecule has 3 atom stereocenters. The van der Waals surface area contributed by atoms with Crippen LogP contribution in [-0.2, 0) is 9.53 Å². The summed E-state index contributed by atoms with van der Waals surface area (Å²) in [6.07, 6.45) is 5.43. The maximum Gasteiger partial charge on any atom is 0.310 e. The lowest BCUT2D eigenvalue weighted by Crippen LogP contribution is -2.41. The van der Waals surface area contributed by atoms with E-state index < -0.39 is 0 Å². The second-order valence-electron chi connectivity index (χ2n) is 6.53. The van der Waals surface area contributed by atoms with Crippen LogP contribution in [0.25, 0.3) is 0 Å². The lowest BCUT2D eigenvalue weighted by molar-refractivity contribution is -0.150. The standard InChI is InChI=1S/C20H31NO2/c1-4-6-13-18(20(22)23-5-2)19-14-10-15-21(19)16(3)17-11-8-7-9-12-17/h7-9,11-12,16,18-19H,4-6,10,13-15H2,1-3H3/t16-,18-,19-/m0/s1. The third-order valence-electron chi connectivity index (χ3n) is 5.04. The average molecular weight is 317 g/mol. The van der Waals surface area contributed by atoms with E-state index in [9.17, 15) is 4.79 Å². The average Bonchev–Trinajstić information content (AvgIpc) is 3.05. The number of nitrogens with zero attached hydrogens (tertiary/aromatic N) is 1. The van der Waals surface area contributed by atoms with Gasteiger partial charge in [0.2, 0.25) is 0 Å². The first-order chi connectivity index (χ1) is 11.2. The van der Waals surface area contributed by atoms with Crippen molar-refractivity contribution in [3.05, 3.63) is 35.9 Å². The fourth-order valence-corrected chi connectivity index (χ4v) is 3.79. The van der Waals surface area contributed by atoms with Gasteiger partial charge in [-0.25, -0.2) is 0 Å². The molecule has 1 heterocycles. The zero-order chi connectivity index (χ0) is 16.7. The molecule has 0 N–H and O–H groups in total. The van der Waals surface area contributed by atoms with Crippen molar-refractivity contribution in [3.8, 4) is 0 Å². The largest absolute Gasteiger partial charge is 0.466 e. The maximum absolute atomic E-state index is 12.5. The molecule has 23 heavy (non-hydrogen) atoms. The van der Waals surface area contributed by atoms with Crippen LogP contribution in [-0.4, -0.2) is 30.1 Å². The first-order valence-electron chi connectivity index (χ1n) is 9.16. The molecule has 1 aliphatic rings. The van der Waals surface area contributed by atoms with E-state index in [2.05, 4.69) is 49.1 Å². The van der Waals surface area contributed by atoms with E-state index in [0.29, 0.717) is 18.7 Å². The lowest BCUT2D eigenvalue weighted by atomic mass is 9.91. The van der Waals surface area contributed by atoms with Crippen LogP contribution in [0.5, 0.6) is 0 Å². The van der Waals surface area contributed by atoms with E-state index in [4.69, 9.17) is 4.74 Å². The van der Waals surface area contributed by atoms with Crippen molar-refractivity contribution >= 4 is 5.97 Å². The Labute approximate surface area is 141 Å². The van der Waals surface area contributed by atoms with Crippen LogP contribution >= 0.6 is 0 Å². The number of hydrogen-bond donors (Lipinski definition) is 0. The number of carbonyl (C=O) groups is 1. The number of ether oxygens (including phenoxy) is 1. The molecule has 0 aromatic heterocycles. The van der Waals surface area contributed by atoms with Crippen LogP contribution in [0.15, 0.2) is 30.3 Å². The molecule has 0 saturated carbocycles. The first kappa shape index (κ1) is 18.0. The summed E-state index contributed by atoms with van der Waals surface area (Å²) in [4.78, 5) is 15.0. The van der Waals surface area contributed by atoms with Crippen molar-refractivity contribution in [2.24, 2.45) is 5.92 Å². The number of carbonyl (C=O) groups excluding carboxylic acids is 1. The smallest absolute Gasteiger partial charge is 0.310 e. The molecule has 1 aromatic carbocycles. The third-order valence-corrected chi connectivity index (χ3v) is 5.04. The molecular formula is C20H31NO2. The number of likely N-dealkylation sites (tertiary alicyclic amines) is 1. The quantitative estimate of drug-likeness (QED) is 0.657. The van der Waals surface area contributed by atoms with Crippen molar-refractivity contribution in [2.45, 2.75) is 65.0 Å². The van der Waals surface area contributed by atoms with Gasteiger partial charge >= 0.3 is 5.97 Å². The van der Waals surface area contributed by atoms with Gasteiger partial charge in [-0.15, -0.1) is 0 Å². The van der Waals surface area contributed by atoms with E-state index >= 15 is 0 Å². The summed E-state index contributed by atoms with van der Waals surface area (Å²) < 4.78 is 5.38. The molecule has 1 saturated heterocycles. The van der Waals surface area contributed by atoms with Crippen LogP contribution in [0.4, 0.5) is 0 Å². The minimum Gasteiger partial charge on any atom is -0.466 e. The van der Waals surface area contributed by atoms with E-state index in [0.717, 1.165) is 32.2 Å². The van der Waals surface area contributed by atoms with Crippen LogP contribution in [0, 0.1) is 5.92 Å². The number of unbranched alkanes of at least 4 members (excludes halogenated alkanes) is 1. The maximum atomic E-state index is 12.5. The molecule has 3 nitrogen and oxygen atoms in total. The van der Waals surface area contributed by atoms with Gasteiger partial charge in [-0.05, 0) is 45.2 Å². The zero-order valence-corrected chi connectivity index (χ0v) is 14.8. The van der Waals surface area contributed by atoms with Crippen molar-refractivity contribution in [3.63, 3.8) is 0 Å². The molecule has 128 valence electrons. The van der Waals surface area contributed by atoms with Gasteiger partial charge in [-0.3, -0.25) is 9.69 Å². The summed E-state index contributed by atoms with van der Waals surface area (Å²) in [5, 5.41) is 0. The Morgan fingerprint density at radius 2 is 2.04 bits per heavy atom. The van der Waals surface area contributed by atoms with Gasteiger partial charge in [-0.1, -0.05) is 50.1 Å². The predicted octanol–water partition coefficient (Wildman–Crippen LogP) is 4.58. The monoisotopic (exact) mass is 317 g/mol. The van der Waals surface area contributed by atoms with E-state index in [1.807, 2.05) is 6.92 Å². The van der Waals surface area contributed by atoms with Gasteiger partial charge in [0.25, 0.3) is 0 Å². The van der Waals surface area contributed by atoms with Gasteiger partial charge in [0.15, 0.2) is 0 Å². The summed E-state index contributed by atoms with van der Waals surface area (Å²) in [6.45, 7) is 7.88. The SMILES string of the molecule is CCCC[C@H](C(=O)OCC)[C@@H]1CCCN1[C@@H](C)c1ccccc1. The van der Waals surface area contributed by atoms with Crippen molar-refractivity contribution in [1.29, 1.82) is 0 Å². The van der Waals surface area contributed by atoms with Gasteiger partial charge in [-0.2, -0.15) is 0 Å². The molecule has 1 aromatic rings. The number of esters is 1. The molecule has 0 amide bonds. The van der Waals surface area contributed by atoms with Gasteiger partial charge in [0, 0.05) is 12.1 Å². The van der Waals surface area contributed by atoms with Crippen molar-refractivity contribution in [1.82, 2.24) is 4.90 Å². The molecule has 0 bridgehead atoms. The number of hydrogen-bond acceptors (Lipinski definition) is 3. The van der Waals surface area contributed by atoms with E-state index in [1.54, 1.807) is 0 Å². The molecule has 0 spiro atoms. The van der Waals surface area contributed by atoms with Crippen molar-refractivity contribution < 1.29 is 9.53 Å². The van der Waals surface area contributed by atoms with E-state index in [-0.39, 0.29) is 11.9 Å². The van der Waals surface area contributed by atoms with Crippen LogP contribution in [0.3, 0.4) is 0 Å². The van der Waals surface area contributed by atoms with Crippen molar-refractivity contribution in [2.75, 3.05) is 13.2 Å². The Morgan fingerprint density at radius 3 is 2.70 bits per heavy atom. The summed E-state index contributed by atoms with van der Waals surface area (Å²) in [6, 6.07) is 11.3. The highest BCUT2D eigenvalue weighted by Gasteiger charge is 2.38. The minimum absolute atomic E-state index is 0.00175. The van der Waals surface area contributed by atoms with Crippen LogP contribution in [0.2, 0.25) is 0 Å². The number of rotatable bonds is 8. The lowest BCUT2D eigenvalue weighted by Gasteiger charge is -2.35. The summed E-state index contributed by atoms with van der Waals surface area (Å²) >= 11 is 0. The second kappa shape index (κ2) is 9.07. The molecule has 2 rings (SSSR count). The van der Waals surface area contributed by atoms with Crippen LogP contribution in [0.1, 0.15) is 64.5 Å².